The molecule has 24 heavy (non-hydrogen) atoms. The Morgan fingerprint density at radius 2 is 1.71 bits per heavy atom. The molecule has 3 nitrogen and oxygen atoms in total. The molecule has 0 bridgehead atoms. The Labute approximate surface area is 142 Å². The summed E-state index contributed by atoms with van der Waals surface area (Å²) >= 11 is 0. The minimum atomic E-state index is -0.641. The smallest absolute Gasteiger partial charge is 0.242 e. The van der Waals surface area contributed by atoms with Crippen LogP contribution in [0.1, 0.15) is 37.3 Å². The topological polar surface area (TPSA) is 32.7 Å². The molecule has 2 aromatic carbocycles. The average Bonchev–Trinajstić information content (AvgIpc) is 2.91. The van der Waals surface area contributed by atoms with Crippen molar-refractivity contribution in [3.63, 3.8) is 0 Å². The van der Waals surface area contributed by atoms with Gasteiger partial charge in [0.1, 0.15) is 0 Å². The Balaban J connectivity index is 1.71. The standard InChI is InChI=1S/C20H17N2OP/c1-13(23)22-21-18-11-6-12-19(18)20(24(19)22)16-9-4-2-7-14(16)15-8-3-5-10-17(15)20/h2-5,7-10H,6,11-12H2,1H3. The zero-order chi connectivity index (χ0) is 16.1. The summed E-state index contributed by atoms with van der Waals surface area (Å²) in [5.41, 5.74) is 6.86. The SMILES string of the molecule is CC(=O)N1N=C2CCCC23P1C31c2ccccc2-c2ccccc21. The van der Waals surface area contributed by atoms with E-state index >= 15 is 0 Å². The van der Waals surface area contributed by atoms with Gasteiger partial charge in [0.25, 0.3) is 0 Å². The quantitative estimate of drug-likeness (QED) is 0.656. The molecule has 2 heterocycles. The van der Waals surface area contributed by atoms with Crippen LogP contribution >= 0.6 is 8.07 Å². The third-order valence-electron chi connectivity index (χ3n) is 6.27. The summed E-state index contributed by atoms with van der Waals surface area (Å²) in [6.45, 7) is 1.67. The van der Waals surface area contributed by atoms with E-state index in [1.165, 1.54) is 40.8 Å². The molecule has 6 rings (SSSR count). The van der Waals surface area contributed by atoms with Gasteiger partial charge in [-0.2, -0.15) is 5.10 Å². The van der Waals surface area contributed by atoms with E-state index in [4.69, 9.17) is 5.10 Å². The Morgan fingerprint density at radius 1 is 1.08 bits per heavy atom. The molecular weight excluding hydrogens is 315 g/mol. The third kappa shape index (κ3) is 1.13. The first-order valence-corrected chi connectivity index (χ1v) is 9.90. The van der Waals surface area contributed by atoms with Crippen molar-refractivity contribution in [1.29, 1.82) is 0 Å². The van der Waals surface area contributed by atoms with Crippen molar-refractivity contribution in [2.24, 2.45) is 5.10 Å². The second-order valence-electron chi connectivity index (χ2n) is 7.18. The van der Waals surface area contributed by atoms with E-state index in [1.54, 1.807) is 6.92 Å². The van der Waals surface area contributed by atoms with E-state index in [0.717, 1.165) is 6.42 Å². The molecule has 0 radical (unpaired) electrons. The van der Waals surface area contributed by atoms with E-state index in [-0.39, 0.29) is 16.2 Å². The van der Waals surface area contributed by atoms with Crippen LogP contribution in [0, 0.1) is 0 Å². The maximum atomic E-state index is 12.3. The van der Waals surface area contributed by atoms with Gasteiger partial charge < -0.3 is 0 Å². The summed E-state index contributed by atoms with van der Waals surface area (Å²) in [4.78, 5) is 12.3. The number of hydrazone groups is 1. The lowest BCUT2D eigenvalue weighted by Gasteiger charge is -2.23. The third-order valence-corrected chi connectivity index (χ3v) is 9.83. The van der Waals surface area contributed by atoms with Crippen LogP contribution in [0.3, 0.4) is 0 Å². The molecule has 2 unspecified atom stereocenters. The average molecular weight is 332 g/mol. The maximum Gasteiger partial charge on any atom is 0.242 e. The summed E-state index contributed by atoms with van der Waals surface area (Å²) in [6.07, 6.45) is 3.42. The maximum absolute atomic E-state index is 12.3. The second kappa shape index (κ2) is 3.97. The van der Waals surface area contributed by atoms with Crippen molar-refractivity contribution in [3.05, 3.63) is 59.7 Å². The number of nitrogens with zero attached hydrogens (tertiary/aromatic N) is 2. The van der Waals surface area contributed by atoms with Crippen LogP contribution in [0.15, 0.2) is 53.6 Å². The van der Waals surface area contributed by atoms with E-state index in [2.05, 4.69) is 48.5 Å². The number of carbonyl (C=O) groups excluding carboxylic acids is 1. The summed E-state index contributed by atoms with van der Waals surface area (Å²) in [7, 11) is -0.641. The highest BCUT2D eigenvalue weighted by molar-refractivity contribution is 7.70. The molecular formula is C20H17N2OP. The Bertz CT molecular complexity index is 920. The van der Waals surface area contributed by atoms with Gasteiger partial charge in [0.2, 0.25) is 5.91 Å². The predicted molar refractivity (Wildman–Crippen MR) is 96.1 cm³/mol. The van der Waals surface area contributed by atoms with E-state index in [9.17, 15) is 4.79 Å². The van der Waals surface area contributed by atoms with Crippen molar-refractivity contribution >= 4 is 19.7 Å². The van der Waals surface area contributed by atoms with Crippen molar-refractivity contribution in [2.75, 3.05) is 0 Å². The van der Waals surface area contributed by atoms with E-state index in [1.807, 2.05) is 4.78 Å². The molecule has 1 amide bonds. The number of hydrogen-bond donors (Lipinski definition) is 0. The van der Waals surface area contributed by atoms with E-state index in [0.29, 0.717) is 0 Å². The fourth-order valence-corrected chi connectivity index (χ4v) is 9.67. The molecule has 1 saturated carbocycles. The normalized spacial score (nSPS) is 29.8. The van der Waals surface area contributed by atoms with Crippen LogP contribution in [-0.4, -0.2) is 21.6 Å². The Hall–Kier alpha value is -1.99. The van der Waals surface area contributed by atoms with Crippen molar-refractivity contribution < 1.29 is 4.79 Å². The van der Waals surface area contributed by atoms with Crippen LogP contribution in [0.5, 0.6) is 0 Å². The summed E-state index contributed by atoms with van der Waals surface area (Å²) in [6, 6.07) is 17.6. The minimum absolute atomic E-state index is 0.00519. The molecule has 0 N–H and O–H groups in total. The van der Waals surface area contributed by atoms with Gasteiger partial charge in [-0.3, -0.25) is 4.79 Å². The molecule has 118 valence electrons. The molecule has 2 atom stereocenters. The second-order valence-corrected chi connectivity index (χ2v) is 9.62. The van der Waals surface area contributed by atoms with Crippen molar-refractivity contribution in [2.45, 2.75) is 36.5 Å². The first-order valence-electron chi connectivity index (χ1n) is 8.61. The molecule has 4 aliphatic rings. The van der Waals surface area contributed by atoms with Gasteiger partial charge in [-0.15, -0.1) is 0 Å². The number of rotatable bonds is 0. The first kappa shape index (κ1) is 13.3. The summed E-state index contributed by atoms with van der Waals surface area (Å²) < 4.78 is 1.86. The van der Waals surface area contributed by atoms with Gasteiger partial charge in [0, 0.05) is 6.92 Å². The van der Waals surface area contributed by atoms with Crippen molar-refractivity contribution in [3.8, 4) is 11.1 Å². The summed E-state index contributed by atoms with van der Waals surface area (Å²) in [5.74, 6) is 0.0983. The van der Waals surface area contributed by atoms with Crippen LogP contribution in [0.4, 0.5) is 0 Å². The Kier molecular flexibility index (Phi) is 2.21. The zero-order valence-corrected chi connectivity index (χ0v) is 14.4. The van der Waals surface area contributed by atoms with Gasteiger partial charge in [-0.25, -0.2) is 4.78 Å². The van der Waals surface area contributed by atoms with Gasteiger partial charge in [-0.05, 0) is 41.5 Å². The molecule has 4 heteroatoms. The number of amides is 1. The highest BCUT2D eigenvalue weighted by Gasteiger charge is 2.87. The largest absolute Gasteiger partial charge is 0.273 e. The first-order chi connectivity index (χ1) is 11.7. The van der Waals surface area contributed by atoms with Crippen LogP contribution in [-0.2, 0) is 9.95 Å². The fourth-order valence-electron chi connectivity index (χ4n) is 5.56. The van der Waals surface area contributed by atoms with Gasteiger partial charge in [-0.1, -0.05) is 48.5 Å². The molecule has 1 saturated heterocycles. The number of fused-ring (bicyclic) bond motifs is 6. The fraction of sp³-hybridized carbons (Fsp3) is 0.300. The predicted octanol–water partition coefficient (Wildman–Crippen LogP) is 4.46. The van der Waals surface area contributed by atoms with Gasteiger partial charge in [0.05, 0.1) is 24.1 Å². The lowest BCUT2D eigenvalue weighted by atomic mass is 9.82. The van der Waals surface area contributed by atoms with Crippen LogP contribution in [0.25, 0.3) is 11.1 Å². The molecule has 2 aromatic rings. The molecule has 2 fully saturated rings. The van der Waals surface area contributed by atoms with Crippen LogP contribution < -0.4 is 0 Å². The molecule has 2 aliphatic carbocycles. The highest BCUT2D eigenvalue weighted by Crippen LogP contribution is 2.97. The zero-order valence-electron chi connectivity index (χ0n) is 13.5. The Morgan fingerprint density at radius 3 is 2.33 bits per heavy atom. The van der Waals surface area contributed by atoms with Gasteiger partial charge >= 0.3 is 0 Å². The lowest BCUT2D eigenvalue weighted by molar-refractivity contribution is -0.124. The van der Waals surface area contributed by atoms with Crippen LogP contribution in [0.2, 0.25) is 0 Å². The van der Waals surface area contributed by atoms with E-state index < -0.39 is 8.07 Å². The number of benzene rings is 2. The monoisotopic (exact) mass is 332 g/mol. The number of hydrogen-bond acceptors (Lipinski definition) is 2. The molecule has 0 aromatic heterocycles. The number of carbonyl (C=O) groups is 1. The van der Waals surface area contributed by atoms with Gasteiger partial charge in [0.15, 0.2) is 0 Å². The van der Waals surface area contributed by atoms with Crippen molar-refractivity contribution in [1.82, 2.24) is 4.78 Å². The summed E-state index contributed by atoms with van der Waals surface area (Å²) in [5, 5.41) is 4.87. The minimum Gasteiger partial charge on any atom is -0.273 e. The molecule has 2 spiro atoms. The molecule has 2 aliphatic heterocycles. The lowest BCUT2D eigenvalue weighted by Crippen LogP contribution is -2.29. The highest BCUT2D eigenvalue weighted by atomic mass is 31.1.